The summed E-state index contributed by atoms with van der Waals surface area (Å²) < 4.78 is 11.1. The van der Waals surface area contributed by atoms with Gasteiger partial charge in [0.2, 0.25) is 5.43 Å². The third-order valence-electron chi connectivity index (χ3n) is 2.41. The highest BCUT2D eigenvalue weighted by atomic mass is 16.5. The molecule has 0 saturated carbocycles. The molecule has 0 saturated heterocycles. The normalized spacial score (nSPS) is 9.90. The van der Waals surface area contributed by atoms with Crippen molar-refractivity contribution in [2.24, 2.45) is 0 Å². The molecule has 6 nitrogen and oxygen atoms in total. The molecule has 0 bridgehead atoms. The number of aromatic nitrogens is 1. The molecular formula is C14H17NO5. The summed E-state index contributed by atoms with van der Waals surface area (Å²) in [6.45, 7) is 7.47. The summed E-state index contributed by atoms with van der Waals surface area (Å²) in [6, 6.07) is 0. The zero-order valence-corrected chi connectivity index (χ0v) is 11.5. The van der Waals surface area contributed by atoms with Gasteiger partial charge < -0.3 is 14.0 Å². The molecular weight excluding hydrogens is 262 g/mol. The molecule has 20 heavy (non-hydrogen) atoms. The number of esters is 2. The highest BCUT2D eigenvalue weighted by molar-refractivity contribution is 5.94. The minimum absolute atomic E-state index is 0.142. The second-order valence-electron chi connectivity index (χ2n) is 3.84. The Hall–Kier alpha value is -2.37. The number of ether oxygens (including phenoxy) is 2. The van der Waals surface area contributed by atoms with Crippen LogP contribution in [0.5, 0.6) is 0 Å². The number of pyridine rings is 1. The van der Waals surface area contributed by atoms with E-state index in [1.54, 1.807) is 19.9 Å². The number of nitrogens with zero attached hydrogens (tertiary/aromatic N) is 1. The Morgan fingerprint density at radius 1 is 1.15 bits per heavy atom. The monoisotopic (exact) mass is 279 g/mol. The molecule has 1 aromatic rings. The first kappa shape index (κ1) is 15.7. The first-order chi connectivity index (χ1) is 9.54. The summed E-state index contributed by atoms with van der Waals surface area (Å²) in [7, 11) is 0. The van der Waals surface area contributed by atoms with Crippen molar-refractivity contribution in [3.8, 4) is 0 Å². The smallest absolute Gasteiger partial charge is 0.343 e. The van der Waals surface area contributed by atoms with Gasteiger partial charge in [0, 0.05) is 18.9 Å². The number of rotatable bonds is 6. The van der Waals surface area contributed by atoms with Crippen LogP contribution in [0.4, 0.5) is 0 Å². The predicted octanol–water partition coefficient (Wildman–Crippen LogP) is 1.39. The molecule has 1 heterocycles. The topological polar surface area (TPSA) is 74.6 Å². The van der Waals surface area contributed by atoms with Crippen LogP contribution in [0.1, 0.15) is 34.6 Å². The van der Waals surface area contributed by atoms with E-state index in [-0.39, 0.29) is 24.3 Å². The number of hydrogen-bond donors (Lipinski definition) is 0. The lowest BCUT2D eigenvalue weighted by molar-refractivity contribution is 0.0520. The van der Waals surface area contributed by atoms with E-state index in [2.05, 4.69) is 6.58 Å². The van der Waals surface area contributed by atoms with Crippen LogP contribution in [0.2, 0.25) is 0 Å². The number of carbonyl (C=O) groups excluding carboxylic acids is 2. The maximum absolute atomic E-state index is 12.1. The zero-order valence-electron chi connectivity index (χ0n) is 11.5. The summed E-state index contributed by atoms with van der Waals surface area (Å²) in [4.78, 5) is 35.6. The molecule has 0 fully saturated rings. The highest BCUT2D eigenvalue weighted by Crippen LogP contribution is 2.03. The van der Waals surface area contributed by atoms with Gasteiger partial charge in [0.25, 0.3) is 0 Å². The van der Waals surface area contributed by atoms with Crippen molar-refractivity contribution < 1.29 is 19.1 Å². The van der Waals surface area contributed by atoms with E-state index in [9.17, 15) is 14.4 Å². The van der Waals surface area contributed by atoms with E-state index in [0.717, 1.165) is 0 Å². The van der Waals surface area contributed by atoms with Gasteiger partial charge in [-0.1, -0.05) is 6.08 Å². The summed E-state index contributed by atoms with van der Waals surface area (Å²) in [5.74, 6) is -1.53. The Balaban J connectivity index is 3.36. The minimum atomic E-state index is -0.763. The van der Waals surface area contributed by atoms with Crippen molar-refractivity contribution in [1.29, 1.82) is 0 Å². The lowest BCUT2D eigenvalue weighted by Gasteiger charge is -2.09. The van der Waals surface area contributed by atoms with Crippen molar-refractivity contribution >= 4 is 11.9 Å². The third-order valence-corrected chi connectivity index (χ3v) is 2.41. The second-order valence-corrected chi connectivity index (χ2v) is 3.84. The largest absolute Gasteiger partial charge is 0.462 e. The second kappa shape index (κ2) is 7.28. The molecule has 6 heteroatoms. The van der Waals surface area contributed by atoms with Crippen LogP contribution in [-0.2, 0) is 16.0 Å². The Kier molecular flexibility index (Phi) is 5.71. The van der Waals surface area contributed by atoms with Crippen LogP contribution in [0.3, 0.4) is 0 Å². The van der Waals surface area contributed by atoms with Crippen molar-refractivity contribution in [3.05, 3.63) is 46.4 Å². The van der Waals surface area contributed by atoms with E-state index >= 15 is 0 Å². The van der Waals surface area contributed by atoms with E-state index in [1.807, 2.05) is 0 Å². The van der Waals surface area contributed by atoms with Gasteiger partial charge in [0.1, 0.15) is 11.1 Å². The fourth-order valence-corrected chi connectivity index (χ4v) is 1.59. The molecule has 0 radical (unpaired) electrons. The Morgan fingerprint density at radius 2 is 1.60 bits per heavy atom. The first-order valence-electron chi connectivity index (χ1n) is 6.24. The minimum Gasteiger partial charge on any atom is -0.462 e. The van der Waals surface area contributed by atoms with Crippen LogP contribution in [0.15, 0.2) is 29.8 Å². The fourth-order valence-electron chi connectivity index (χ4n) is 1.59. The maximum Gasteiger partial charge on any atom is 0.343 e. The van der Waals surface area contributed by atoms with Crippen LogP contribution < -0.4 is 5.43 Å². The van der Waals surface area contributed by atoms with E-state index < -0.39 is 17.4 Å². The molecule has 0 atom stereocenters. The highest BCUT2D eigenvalue weighted by Gasteiger charge is 2.20. The van der Waals surface area contributed by atoms with Gasteiger partial charge in [-0.05, 0) is 13.8 Å². The van der Waals surface area contributed by atoms with Gasteiger partial charge in [-0.3, -0.25) is 4.79 Å². The molecule has 0 aromatic carbocycles. The van der Waals surface area contributed by atoms with Gasteiger partial charge >= 0.3 is 11.9 Å². The van der Waals surface area contributed by atoms with Gasteiger partial charge in [-0.25, -0.2) is 9.59 Å². The van der Waals surface area contributed by atoms with E-state index in [4.69, 9.17) is 9.47 Å². The van der Waals surface area contributed by atoms with Gasteiger partial charge in [-0.15, -0.1) is 6.58 Å². The predicted molar refractivity (Wildman–Crippen MR) is 72.8 cm³/mol. The van der Waals surface area contributed by atoms with Crippen LogP contribution in [0, 0.1) is 0 Å². The Morgan fingerprint density at radius 3 is 1.95 bits per heavy atom. The summed E-state index contributed by atoms with van der Waals surface area (Å²) in [5.41, 5.74) is -1.08. The maximum atomic E-state index is 12.1. The van der Waals surface area contributed by atoms with Crippen LogP contribution in [0.25, 0.3) is 0 Å². The summed E-state index contributed by atoms with van der Waals surface area (Å²) >= 11 is 0. The van der Waals surface area contributed by atoms with Crippen LogP contribution in [-0.4, -0.2) is 29.7 Å². The molecule has 0 spiro atoms. The third kappa shape index (κ3) is 3.57. The fraction of sp³-hybridized carbons (Fsp3) is 0.357. The SMILES string of the molecule is C=CCn1cc(C(=O)OCC)c(=O)c(C(=O)OCC)c1. The molecule has 0 N–H and O–H groups in total. The molecule has 0 unspecified atom stereocenters. The Labute approximate surface area is 116 Å². The number of carbonyl (C=O) groups is 2. The van der Waals surface area contributed by atoms with Gasteiger partial charge in [-0.2, -0.15) is 0 Å². The molecule has 0 aliphatic rings. The van der Waals surface area contributed by atoms with Crippen molar-refractivity contribution in [1.82, 2.24) is 4.57 Å². The molecule has 1 rings (SSSR count). The van der Waals surface area contributed by atoms with Crippen molar-refractivity contribution in [3.63, 3.8) is 0 Å². The lowest BCUT2D eigenvalue weighted by atomic mass is 10.2. The summed E-state index contributed by atoms with van der Waals surface area (Å²) in [6.07, 6.45) is 4.25. The van der Waals surface area contributed by atoms with Gasteiger partial charge in [0.05, 0.1) is 13.2 Å². The van der Waals surface area contributed by atoms with Crippen molar-refractivity contribution in [2.45, 2.75) is 20.4 Å². The Bertz CT molecular complexity index is 531. The first-order valence-corrected chi connectivity index (χ1v) is 6.24. The number of hydrogen-bond acceptors (Lipinski definition) is 5. The standard InChI is InChI=1S/C14H17NO5/c1-4-7-15-8-10(13(17)19-5-2)12(16)11(9-15)14(18)20-6-3/h4,8-9H,1,5-7H2,2-3H3. The van der Waals surface area contributed by atoms with Crippen LogP contribution >= 0.6 is 0 Å². The van der Waals surface area contributed by atoms with E-state index in [0.29, 0.717) is 6.54 Å². The summed E-state index contributed by atoms with van der Waals surface area (Å²) in [5, 5.41) is 0. The van der Waals surface area contributed by atoms with Gasteiger partial charge in [0.15, 0.2) is 0 Å². The van der Waals surface area contributed by atoms with E-state index in [1.165, 1.54) is 17.0 Å². The molecule has 0 aliphatic carbocycles. The lowest BCUT2D eigenvalue weighted by Crippen LogP contribution is -2.26. The molecule has 1 aromatic heterocycles. The molecule has 0 amide bonds. The average molecular weight is 279 g/mol. The average Bonchev–Trinajstić information content (AvgIpc) is 2.41. The zero-order chi connectivity index (χ0) is 15.1. The quantitative estimate of drug-likeness (QED) is 0.581. The molecule has 108 valence electrons. The number of allylic oxidation sites excluding steroid dienone is 1. The molecule has 0 aliphatic heterocycles. The van der Waals surface area contributed by atoms with Crippen molar-refractivity contribution in [2.75, 3.05) is 13.2 Å².